The van der Waals surface area contributed by atoms with Crippen LogP contribution in [0, 0.1) is 10.1 Å². The van der Waals surface area contributed by atoms with Gasteiger partial charge < -0.3 is 25.0 Å². The fraction of sp³-hybridized carbons (Fsp3) is 0.360. The maximum Gasteiger partial charge on any atom is 0.407 e. The maximum absolute atomic E-state index is 12.8. The number of alkyl carbamates (subject to hydrolysis) is 1. The Morgan fingerprint density at radius 2 is 1.68 bits per heavy atom. The summed E-state index contributed by atoms with van der Waals surface area (Å²) in [6.45, 7) is 1.42. The Morgan fingerprint density at radius 1 is 1.03 bits per heavy atom. The van der Waals surface area contributed by atoms with Crippen molar-refractivity contribution >= 4 is 29.6 Å². The number of nitrogens with zero attached hydrogens (tertiary/aromatic N) is 2. The molecule has 1 saturated heterocycles. The van der Waals surface area contributed by atoms with Crippen LogP contribution in [0.15, 0.2) is 54.6 Å². The van der Waals surface area contributed by atoms with Crippen molar-refractivity contribution in [3.63, 3.8) is 0 Å². The van der Waals surface area contributed by atoms with E-state index in [1.807, 2.05) is 18.2 Å². The predicted molar refractivity (Wildman–Crippen MR) is 130 cm³/mol. The molecule has 0 radical (unpaired) electrons. The minimum absolute atomic E-state index is 0.0633. The average Bonchev–Trinajstić information content (AvgIpc) is 3.40. The summed E-state index contributed by atoms with van der Waals surface area (Å²) in [5, 5.41) is 15.7. The lowest BCUT2D eigenvalue weighted by Crippen LogP contribution is -2.52. The number of esters is 1. The minimum Gasteiger partial charge on any atom is -0.459 e. The number of hydrogen-bond donors (Lipinski definition) is 2. The first-order valence-corrected chi connectivity index (χ1v) is 11.7. The molecule has 12 nitrogen and oxygen atoms in total. The van der Waals surface area contributed by atoms with Crippen molar-refractivity contribution in [1.82, 2.24) is 15.5 Å². The molecule has 2 aromatic carbocycles. The SMILES string of the molecule is C[C@H](NC(=O)[C@H]1CCCN1C(=O)CNC(=O)OCc1ccccc1)C(=O)OCc1ccc([N+](=O)[O-])cc1. The van der Waals surface area contributed by atoms with E-state index in [2.05, 4.69) is 10.6 Å². The van der Waals surface area contributed by atoms with Crippen LogP contribution in [0.2, 0.25) is 0 Å². The second-order valence-corrected chi connectivity index (χ2v) is 8.42. The third-order valence-corrected chi connectivity index (χ3v) is 5.71. The summed E-state index contributed by atoms with van der Waals surface area (Å²) >= 11 is 0. The van der Waals surface area contributed by atoms with Crippen LogP contribution in [-0.2, 0) is 37.1 Å². The van der Waals surface area contributed by atoms with Gasteiger partial charge in [-0.05, 0) is 43.0 Å². The Kier molecular flexibility index (Phi) is 9.53. The smallest absolute Gasteiger partial charge is 0.407 e. The molecular weight excluding hydrogens is 484 g/mol. The summed E-state index contributed by atoms with van der Waals surface area (Å²) in [5.74, 6) is -1.63. The normalized spacial score (nSPS) is 15.4. The number of ether oxygens (including phenoxy) is 2. The first-order valence-electron chi connectivity index (χ1n) is 11.7. The second-order valence-electron chi connectivity index (χ2n) is 8.42. The number of nitro benzene ring substituents is 1. The van der Waals surface area contributed by atoms with Gasteiger partial charge in [-0.1, -0.05) is 30.3 Å². The van der Waals surface area contributed by atoms with Crippen molar-refractivity contribution in [2.45, 2.75) is 45.1 Å². The zero-order valence-electron chi connectivity index (χ0n) is 20.3. The van der Waals surface area contributed by atoms with E-state index in [0.29, 0.717) is 24.9 Å². The second kappa shape index (κ2) is 13.0. The molecular formula is C25H28N4O8. The molecule has 0 spiro atoms. The van der Waals surface area contributed by atoms with Gasteiger partial charge >= 0.3 is 12.1 Å². The van der Waals surface area contributed by atoms with Gasteiger partial charge in [0.1, 0.15) is 31.8 Å². The van der Waals surface area contributed by atoms with Crippen LogP contribution >= 0.6 is 0 Å². The van der Waals surface area contributed by atoms with Gasteiger partial charge in [-0.15, -0.1) is 0 Å². The molecule has 1 heterocycles. The van der Waals surface area contributed by atoms with Crippen molar-refractivity contribution in [3.8, 4) is 0 Å². The number of amides is 3. The Labute approximate surface area is 213 Å². The van der Waals surface area contributed by atoms with Crippen molar-refractivity contribution in [2.75, 3.05) is 13.1 Å². The molecule has 196 valence electrons. The summed E-state index contributed by atoms with van der Waals surface area (Å²) in [4.78, 5) is 61.2. The standard InChI is InChI=1S/C25H28N4O8/c1-17(24(32)36-15-19-9-11-20(12-10-19)29(34)35)27-23(31)21-8-5-13-28(21)22(30)14-26-25(33)37-16-18-6-3-2-4-7-18/h2-4,6-7,9-12,17,21H,5,8,13-16H2,1H3,(H,26,33)(H,27,31)/t17-,21+/m0/s1. The van der Waals surface area contributed by atoms with E-state index in [-0.39, 0.29) is 25.4 Å². The quantitative estimate of drug-likeness (QED) is 0.278. The number of non-ortho nitro benzene ring substituents is 1. The molecule has 0 aliphatic carbocycles. The molecule has 12 heteroatoms. The molecule has 1 aliphatic rings. The monoisotopic (exact) mass is 512 g/mol. The highest BCUT2D eigenvalue weighted by Gasteiger charge is 2.35. The predicted octanol–water partition coefficient (Wildman–Crippen LogP) is 2.06. The lowest BCUT2D eigenvalue weighted by Gasteiger charge is -2.25. The van der Waals surface area contributed by atoms with Crippen LogP contribution < -0.4 is 10.6 Å². The maximum atomic E-state index is 12.8. The van der Waals surface area contributed by atoms with Crippen LogP contribution in [0.3, 0.4) is 0 Å². The third kappa shape index (κ3) is 8.02. The van der Waals surface area contributed by atoms with E-state index < -0.39 is 40.9 Å². The highest BCUT2D eigenvalue weighted by atomic mass is 16.6. The molecule has 3 rings (SSSR count). The van der Waals surface area contributed by atoms with Crippen LogP contribution in [0.5, 0.6) is 0 Å². The van der Waals surface area contributed by atoms with Crippen molar-refractivity contribution < 1.29 is 33.6 Å². The van der Waals surface area contributed by atoms with E-state index in [0.717, 1.165) is 5.56 Å². The van der Waals surface area contributed by atoms with Crippen molar-refractivity contribution in [1.29, 1.82) is 0 Å². The van der Waals surface area contributed by atoms with Crippen LogP contribution in [0.1, 0.15) is 30.9 Å². The van der Waals surface area contributed by atoms with Gasteiger partial charge in [0.2, 0.25) is 11.8 Å². The largest absolute Gasteiger partial charge is 0.459 e. The topological polar surface area (TPSA) is 157 Å². The van der Waals surface area contributed by atoms with Crippen LogP contribution in [0.25, 0.3) is 0 Å². The highest BCUT2D eigenvalue weighted by Crippen LogP contribution is 2.18. The number of nitrogens with one attached hydrogen (secondary N) is 2. The Balaban J connectivity index is 1.42. The molecule has 0 aromatic heterocycles. The molecule has 0 saturated carbocycles. The van der Waals surface area contributed by atoms with Gasteiger partial charge in [0.15, 0.2) is 0 Å². The number of rotatable bonds is 10. The fourth-order valence-electron chi connectivity index (χ4n) is 3.72. The highest BCUT2D eigenvalue weighted by molar-refractivity contribution is 5.92. The molecule has 2 atom stereocenters. The number of nitro groups is 1. The molecule has 0 unspecified atom stereocenters. The summed E-state index contributed by atoms with van der Waals surface area (Å²) in [5.41, 5.74) is 1.28. The van der Waals surface area contributed by atoms with Gasteiger partial charge in [-0.3, -0.25) is 19.7 Å². The van der Waals surface area contributed by atoms with E-state index in [9.17, 15) is 29.3 Å². The Morgan fingerprint density at radius 3 is 2.35 bits per heavy atom. The van der Waals surface area contributed by atoms with Gasteiger partial charge in [-0.2, -0.15) is 0 Å². The lowest BCUT2D eigenvalue weighted by atomic mass is 10.2. The van der Waals surface area contributed by atoms with E-state index in [1.165, 1.54) is 36.1 Å². The molecule has 2 N–H and O–H groups in total. The summed E-state index contributed by atoms with van der Waals surface area (Å²) in [6.07, 6.45) is 0.267. The number of carbonyl (C=O) groups excluding carboxylic acids is 4. The minimum atomic E-state index is -0.978. The van der Waals surface area contributed by atoms with Gasteiger partial charge in [0.25, 0.3) is 5.69 Å². The fourth-order valence-corrected chi connectivity index (χ4v) is 3.72. The first kappa shape index (κ1) is 27.1. The van der Waals surface area contributed by atoms with Crippen molar-refractivity contribution in [3.05, 3.63) is 75.8 Å². The van der Waals surface area contributed by atoms with Crippen molar-refractivity contribution in [2.24, 2.45) is 0 Å². The lowest BCUT2D eigenvalue weighted by molar-refractivity contribution is -0.384. The number of likely N-dealkylation sites (tertiary alicyclic amines) is 1. The summed E-state index contributed by atoms with van der Waals surface area (Å²) in [6, 6.07) is 12.9. The van der Waals surface area contributed by atoms with E-state index >= 15 is 0 Å². The summed E-state index contributed by atoms with van der Waals surface area (Å²) in [7, 11) is 0. The summed E-state index contributed by atoms with van der Waals surface area (Å²) < 4.78 is 10.3. The number of hydrogen-bond acceptors (Lipinski definition) is 8. The number of carbonyl (C=O) groups is 4. The van der Waals surface area contributed by atoms with E-state index in [1.54, 1.807) is 12.1 Å². The first-order chi connectivity index (χ1) is 17.7. The van der Waals surface area contributed by atoms with E-state index in [4.69, 9.17) is 9.47 Å². The molecule has 3 amide bonds. The third-order valence-electron chi connectivity index (χ3n) is 5.71. The van der Waals surface area contributed by atoms with Gasteiger partial charge in [0.05, 0.1) is 4.92 Å². The van der Waals surface area contributed by atoms with Crippen LogP contribution in [0.4, 0.5) is 10.5 Å². The Hall–Kier alpha value is -4.48. The number of benzene rings is 2. The average molecular weight is 513 g/mol. The molecule has 1 fully saturated rings. The van der Waals surface area contributed by atoms with Crippen LogP contribution in [-0.4, -0.2) is 58.9 Å². The van der Waals surface area contributed by atoms with Gasteiger partial charge in [0, 0.05) is 18.7 Å². The molecule has 37 heavy (non-hydrogen) atoms. The molecule has 2 aromatic rings. The zero-order chi connectivity index (χ0) is 26.8. The molecule has 1 aliphatic heterocycles. The van der Waals surface area contributed by atoms with Gasteiger partial charge in [-0.25, -0.2) is 9.59 Å². The zero-order valence-corrected chi connectivity index (χ0v) is 20.3. The molecule has 0 bridgehead atoms. The Bertz CT molecular complexity index is 1120.